The van der Waals surface area contributed by atoms with Crippen LogP contribution in [0.1, 0.15) is 72.7 Å². The smallest absolute Gasteiger partial charge is 0.343 e. The van der Waals surface area contributed by atoms with Crippen LogP contribution in [0.4, 0.5) is 0 Å². The Morgan fingerprint density at radius 2 is 0.750 bits per heavy atom. The molecule has 0 aromatic heterocycles. The average Bonchev–Trinajstić information content (AvgIpc) is 3.18. The molecule has 0 bridgehead atoms. The molecule has 6 aromatic rings. The summed E-state index contributed by atoms with van der Waals surface area (Å²) >= 11 is 0. The lowest BCUT2D eigenvalue weighted by Crippen LogP contribution is -2.18. The predicted octanol–water partition coefficient (Wildman–Crippen LogP) is 9.44. The molecular weight excluding hydrogens is 649 g/mol. The molecule has 6 rings (SSSR count). The predicted molar refractivity (Wildman–Crippen MR) is 200 cm³/mol. The molecule has 0 amide bonds. The molecule has 0 aliphatic rings. The molecular formula is C46H32O6. The van der Waals surface area contributed by atoms with E-state index >= 15 is 0 Å². The molecule has 6 heteroatoms. The second kappa shape index (κ2) is 15.2. The fourth-order valence-electron chi connectivity index (χ4n) is 5.43. The van der Waals surface area contributed by atoms with Crippen LogP contribution in [0.2, 0.25) is 0 Å². The molecule has 6 aromatic carbocycles. The zero-order valence-electron chi connectivity index (χ0n) is 28.5. The minimum absolute atomic E-state index is 0.178. The highest BCUT2D eigenvalue weighted by molar-refractivity contribution is 6.09. The average molecular weight is 681 g/mol. The molecule has 0 atom stereocenters. The molecule has 0 radical (unpaired) electrons. The van der Waals surface area contributed by atoms with Crippen LogP contribution in [0.15, 0.2) is 146 Å². The van der Waals surface area contributed by atoms with Gasteiger partial charge in [-0.25, -0.2) is 9.59 Å². The molecule has 0 spiro atoms. The fraction of sp³-hybridized carbons (Fsp3) is 0.0652. The van der Waals surface area contributed by atoms with E-state index in [0.717, 1.165) is 11.1 Å². The van der Waals surface area contributed by atoms with E-state index in [-0.39, 0.29) is 11.2 Å². The number of hydrogen-bond donors (Lipinski definition) is 0. The van der Waals surface area contributed by atoms with E-state index in [4.69, 9.17) is 27.1 Å². The minimum atomic E-state index is -0.520. The first-order valence-corrected chi connectivity index (χ1v) is 16.3. The fourth-order valence-corrected chi connectivity index (χ4v) is 5.43. The van der Waals surface area contributed by atoms with Crippen LogP contribution in [0.5, 0.6) is 23.0 Å². The molecule has 0 saturated heterocycles. The number of ketones is 1. The number of rotatable bonds is 10. The minimum Gasteiger partial charge on any atom is -0.457 e. The summed E-state index contributed by atoms with van der Waals surface area (Å²) in [6.45, 7) is 4.24. The first-order chi connectivity index (χ1) is 25.1. The monoisotopic (exact) mass is 680 g/mol. The van der Waals surface area contributed by atoms with Crippen LogP contribution in [0, 0.1) is 24.7 Å². The summed E-state index contributed by atoms with van der Waals surface area (Å²) in [7, 11) is 0. The highest BCUT2D eigenvalue weighted by atomic mass is 16.5. The van der Waals surface area contributed by atoms with E-state index in [0.29, 0.717) is 56.4 Å². The standard InChI is InChI=1S/C46H32O6/c1-5-31-7-11-35(12-8-31)44(48)51-41-25-17-34(18-26-41)43(47)33-15-23-39(24-16-33)50-40-27-19-37(20-28-40)46(3,4)38-21-29-42(30-22-38)52-45(49)36-13-9-32(6-2)10-14-36/h1-2,7-30H,3-4H3. The second-order valence-electron chi connectivity index (χ2n) is 12.4. The Morgan fingerprint density at radius 3 is 1.12 bits per heavy atom. The first kappa shape index (κ1) is 34.7. The van der Waals surface area contributed by atoms with Gasteiger partial charge in [0, 0.05) is 27.7 Å². The third-order valence-electron chi connectivity index (χ3n) is 8.62. The van der Waals surface area contributed by atoms with Crippen molar-refractivity contribution < 1.29 is 28.6 Å². The summed E-state index contributed by atoms with van der Waals surface area (Å²) in [5.41, 5.74) is 4.86. The highest BCUT2D eigenvalue weighted by Crippen LogP contribution is 2.34. The van der Waals surface area contributed by atoms with Gasteiger partial charge in [0.15, 0.2) is 5.78 Å². The number of hydrogen-bond acceptors (Lipinski definition) is 6. The lowest BCUT2D eigenvalue weighted by Gasteiger charge is -2.26. The number of esters is 2. The van der Waals surface area contributed by atoms with Crippen LogP contribution < -0.4 is 14.2 Å². The van der Waals surface area contributed by atoms with Gasteiger partial charge in [-0.2, -0.15) is 0 Å². The van der Waals surface area contributed by atoms with E-state index in [1.807, 2.05) is 36.4 Å². The van der Waals surface area contributed by atoms with E-state index in [2.05, 4.69) is 25.7 Å². The quantitative estimate of drug-likeness (QED) is 0.0621. The normalized spacial score (nSPS) is 10.7. The Morgan fingerprint density at radius 1 is 0.442 bits per heavy atom. The van der Waals surface area contributed by atoms with Gasteiger partial charge in [-0.3, -0.25) is 4.79 Å². The van der Waals surface area contributed by atoms with Gasteiger partial charge >= 0.3 is 11.9 Å². The van der Waals surface area contributed by atoms with Crippen LogP contribution in [-0.2, 0) is 5.41 Å². The third-order valence-corrected chi connectivity index (χ3v) is 8.62. The molecule has 0 saturated carbocycles. The van der Waals surface area contributed by atoms with Crippen molar-refractivity contribution in [1.82, 2.24) is 0 Å². The maximum atomic E-state index is 13.1. The van der Waals surface area contributed by atoms with Crippen molar-refractivity contribution in [3.05, 3.63) is 190 Å². The van der Waals surface area contributed by atoms with Crippen LogP contribution in [0.25, 0.3) is 0 Å². The Kier molecular flexibility index (Phi) is 10.1. The van der Waals surface area contributed by atoms with Crippen molar-refractivity contribution in [3.63, 3.8) is 0 Å². The van der Waals surface area contributed by atoms with Crippen LogP contribution in [0.3, 0.4) is 0 Å². The zero-order chi connectivity index (χ0) is 36.7. The number of benzene rings is 6. The summed E-state index contributed by atoms with van der Waals surface area (Å²) in [5, 5.41) is 0. The molecule has 0 N–H and O–H groups in total. The van der Waals surface area contributed by atoms with E-state index < -0.39 is 11.9 Å². The van der Waals surface area contributed by atoms with Crippen molar-refractivity contribution in [2.45, 2.75) is 19.3 Å². The number of carbonyl (C=O) groups excluding carboxylic acids is 3. The van der Waals surface area contributed by atoms with E-state index in [1.165, 1.54) is 0 Å². The van der Waals surface area contributed by atoms with Gasteiger partial charge in [-0.1, -0.05) is 50.0 Å². The Labute approximate surface area is 302 Å². The Balaban J connectivity index is 1.03. The summed E-state index contributed by atoms with van der Waals surface area (Å²) in [6, 6.07) is 41.8. The van der Waals surface area contributed by atoms with Crippen molar-refractivity contribution >= 4 is 17.7 Å². The number of terminal acetylenes is 2. The Hall–Kier alpha value is -7.15. The summed E-state index contributed by atoms with van der Waals surface area (Å²) in [4.78, 5) is 38.1. The molecule has 6 nitrogen and oxygen atoms in total. The maximum absolute atomic E-state index is 13.1. The van der Waals surface area contributed by atoms with Crippen LogP contribution >= 0.6 is 0 Å². The largest absolute Gasteiger partial charge is 0.457 e. The molecule has 0 fully saturated rings. The van der Waals surface area contributed by atoms with Gasteiger partial charge in [0.1, 0.15) is 23.0 Å². The van der Waals surface area contributed by atoms with Gasteiger partial charge in [0.25, 0.3) is 0 Å². The summed E-state index contributed by atoms with van der Waals surface area (Å²) in [6.07, 6.45) is 10.8. The van der Waals surface area contributed by atoms with Gasteiger partial charge < -0.3 is 14.2 Å². The lowest BCUT2D eigenvalue weighted by molar-refractivity contribution is 0.0725. The second-order valence-corrected chi connectivity index (χ2v) is 12.4. The molecule has 0 unspecified atom stereocenters. The number of ether oxygens (including phenoxy) is 3. The molecule has 252 valence electrons. The van der Waals surface area contributed by atoms with Gasteiger partial charge in [-0.15, -0.1) is 12.8 Å². The summed E-state index contributed by atoms with van der Waals surface area (Å²) in [5.74, 6) is 5.88. The van der Waals surface area contributed by atoms with Crippen molar-refractivity contribution in [1.29, 1.82) is 0 Å². The summed E-state index contributed by atoms with van der Waals surface area (Å²) < 4.78 is 17.1. The highest BCUT2D eigenvalue weighted by Gasteiger charge is 2.23. The van der Waals surface area contributed by atoms with E-state index in [1.54, 1.807) is 109 Å². The lowest BCUT2D eigenvalue weighted by atomic mass is 9.78. The van der Waals surface area contributed by atoms with Gasteiger partial charge in [-0.05, 0) is 132 Å². The molecule has 0 aliphatic carbocycles. The Bertz CT molecular complexity index is 2300. The molecule has 0 aliphatic heterocycles. The van der Waals surface area contributed by atoms with Crippen LogP contribution in [-0.4, -0.2) is 17.7 Å². The maximum Gasteiger partial charge on any atom is 0.343 e. The van der Waals surface area contributed by atoms with E-state index in [9.17, 15) is 14.4 Å². The van der Waals surface area contributed by atoms with Gasteiger partial charge in [0.2, 0.25) is 0 Å². The SMILES string of the molecule is C#Cc1ccc(C(=O)Oc2ccc(C(=O)c3ccc(Oc4ccc(C(C)(C)c5ccc(OC(=O)c6ccc(C#C)cc6)cc5)cc4)cc3)cc2)cc1. The zero-order valence-corrected chi connectivity index (χ0v) is 28.5. The van der Waals surface area contributed by atoms with Gasteiger partial charge in [0.05, 0.1) is 11.1 Å². The topological polar surface area (TPSA) is 78.9 Å². The number of carbonyl (C=O) groups is 3. The molecule has 0 heterocycles. The molecule has 52 heavy (non-hydrogen) atoms. The van der Waals surface area contributed by atoms with Crippen molar-refractivity contribution in [2.75, 3.05) is 0 Å². The van der Waals surface area contributed by atoms with Crippen molar-refractivity contribution in [2.24, 2.45) is 0 Å². The third kappa shape index (κ3) is 8.00. The first-order valence-electron chi connectivity index (χ1n) is 16.3. The van der Waals surface area contributed by atoms with Crippen molar-refractivity contribution in [3.8, 4) is 47.7 Å².